The number of amides is 3. The van der Waals surface area contributed by atoms with Crippen molar-refractivity contribution in [1.29, 1.82) is 0 Å². The molecule has 120 valence electrons. The van der Waals surface area contributed by atoms with Gasteiger partial charge >= 0.3 is 12.1 Å². The van der Waals surface area contributed by atoms with E-state index in [2.05, 4.69) is 0 Å². The van der Waals surface area contributed by atoms with Crippen LogP contribution in [0.5, 0.6) is 0 Å². The first-order chi connectivity index (χ1) is 10.1. The fourth-order valence-electron chi connectivity index (χ4n) is 2.70. The monoisotopic (exact) mass is 304 g/mol. The molecule has 5 heteroatoms. The molecule has 5 nitrogen and oxygen atoms in total. The van der Waals surface area contributed by atoms with Crippen molar-refractivity contribution in [3.63, 3.8) is 0 Å². The number of cyclic esters (lactones) is 1. The number of rotatable bonds is 2. The molecule has 1 aliphatic heterocycles. The fraction of sp³-hybridized carbons (Fsp3) is 0.529. The van der Waals surface area contributed by atoms with Crippen molar-refractivity contribution in [3.05, 3.63) is 35.9 Å². The van der Waals surface area contributed by atoms with E-state index in [0.29, 0.717) is 0 Å². The summed E-state index contributed by atoms with van der Waals surface area (Å²) in [7, 11) is 1.69. The van der Waals surface area contributed by atoms with E-state index < -0.39 is 17.2 Å². The lowest BCUT2D eigenvalue weighted by atomic mass is 9.78. The van der Waals surface area contributed by atoms with Gasteiger partial charge in [0.1, 0.15) is 11.1 Å². The van der Waals surface area contributed by atoms with Crippen molar-refractivity contribution in [1.82, 2.24) is 9.80 Å². The molecule has 22 heavy (non-hydrogen) atoms. The Morgan fingerprint density at radius 3 is 2.23 bits per heavy atom. The van der Waals surface area contributed by atoms with E-state index in [-0.39, 0.29) is 12.1 Å². The van der Waals surface area contributed by atoms with E-state index in [1.807, 2.05) is 65.0 Å². The first-order valence-electron chi connectivity index (χ1n) is 7.48. The Labute approximate surface area is 131 Å². The second kappa shape index (κ2) is 5.30. The van der Waals surface area contributed by atoms with Crippen LogP contribution in [0.25, 0.3) is 0 Å². The smallest absolute Gasteiger partial charge is 0.419 e. The fourth-order valence-corrected chi connectivity index (χ4v) is 2.70. The van der Waals surface area contributed by atoms with Crippen molar-refractivity contribution < 1.29 is 14.3 Å². The normalized spacial score (nSPS) is 23.6. The minimum absolute atomic E-state index is 0.0102. The zero-order valence-corrected chi connectivity index (χ0v) is 14.1. The molecule has 0 saturated carbocycles. The van der Waals surface area contributed by atoms with Crippen molar-refractivity contribution in [2.45, 2.75) is 51.8 Å². The van der Waals surface area contributed by atoms with Gasteiger partial charge in [0.05, 0.1) is 0 Å². The summed E-state index contributed by atoms with van der Waals surface area (Å²) >= 11 is 0. The molecule has 1 fully saturated rings. The number of nitrogens with zero attached hydrogens (tertiary/aromatic N) is 2. The van der Waals surface area contributed by atoms with Gasteiger partial charge in [-0.1, -0.05) is 30.3 Å². The molecule has 0 radical (unpaired) electrons. The van der Waals surface area contributed by atoms with E-state index in [1.54, 1.807) is 11.9 Å². The van der Waals surface area contributed by atoms with Gasteiger partial charge in [0.15, 0.2) is 0 Å². The van der Waals surface area contributed by atoms with Crippen molar-refractivity contribution >= 4 is 12.1 Å². The summed E-state index contributed by atoms with van der Waals surface area (Å²) in [4.78, 5) is 28.0. The van der Waals surface area contributed by atoms with Gasteiger partial charge in [-0.15, -0.1) is 0 Å². The van der Waals surface area contributed by atoms with Crippen LogP contribution in [0.2, 0.25) is 0 Å². The molecule has 1 atom stereocenters. The molecule has 1 unspecified atom stereocenters. The highest BCUT2D eigenvalue weighted by Crippen LogP contribution is 2.47. The van der Waals surface area contributed by atoms with Crippen molar-refractivity contribution in [3.8, 4) is 0 Å². The molecule has 0 spiro atoms. The van der Waals surface area contributed by atoms with Gasteiger partial charge in [0.2, 0.25) is 0 Å². The summed E-state index contributed by atoms with van der Waals surface area (Å²) in [5.41, 5.74) is -0.818. The average Bonchev–Trinajstić information content (AvgIpc) is 2.64. The molecule has 1 heterocycles. The number of carbonyl (C=O) groups is 2. The van der Waals surface area contributed by atoms with E-state index in [0.717, 1.165) is 5.56 Å². The maximum absolute atomic E-state index is 12.8. The van der Waals surface area contributed by atoms with Gasteiger partial charge in [0, 0.05) is 13.1 Å². The van der Waals surface area contributed by atoms with Crippen LogP contribution < -0.4 is 0 Å². The maximum Gasteiger partial charge on any atom is 0.419 e. The van der Waals surface area contributed by atoms with Crippen LogP contribution in [0.3, 0.4) is 0 Å². The predicted octanol–water partition coefficient (Wildman–Crippen LogP) is 3.59. The van der Waals surface area contributed by atoms with Crippen molar-refractivity contribution in [2.24, 2.45) is 0 Å². The lowest BCUT2D eigenvalue weighted by molar-refractivity contribution is 0.0248. The number of hydrogen-bond donors (Lipinski definition) is 0. The molecule has 0 bridgehead atoms. The van der Waals surface area contributed by atoms with Crippen LogP contribution in [0.1, 0.15) is 40.2 Å². The van der Waals surface area contributed by atoms with Gasteiger partial charge in [-0.3, -0.25) is 0 Å². The third-order valence-electron chi connectivity index (χ3n) is 4.75. The average molecular weight is 304 g/mol. The van der Waals surface area contributed by atoms with E-state index >= 15 is 0 Å². The highest BCUT2D eigenvalue weighted by atomic mass is 16.6. The number of imide groups is 1. The number of ether oxygens (including phenoxy) is 1. The number of carbonyl (C=O) groups excluding carboxylic acids is 2. The zero-order valence-electron chi connectivity index (χ0n) is 14.1. The van der Waals surface area contributed by atoms with E-state index in [1.165, 1.54) is 4.90 Å². The molecule has 2 rings (SSSR count). The Balaban J connectivity index is 2.56. The summed E-state index contributed by atoms with van der Waals surface area (Å²) < 4.78 is 5.52. The van der Waals surface area contributed by atoms with Crippen molar-refractivity contribution in [2.75, 3.05) is 7.05 Å². The largest absolute Gasteiger partial charge is 0.440 e. The van der Waals surface area contributed by atoms with Gasteiger partial charge < -0.3 is 9.64 Å². The van der Waals surface area contributed by atoms with Crippen LogP contribution in [-0.4, -0.2) is 40.6 Å². The van der Waals surface area contributed by atoms with E-state index in [4.69, 9.17) is 4.74 Å². The van der Waals surface area contributed by atoms with Crippen LogP contribution in [0.4, 0.5) is 9.59 Å². The Hall–Kier alpha value is -2.04. The molecule has 1 aliphatic rings. The first-order valence-corrected chi connectivity index (χ1v) is 7.48. The maximum atomic E-state index is 12.8. The van der Waals surface area contributed by atoms with E-state index in [9.17, 15) is 9.59 Å². The van der Waals surface area contributed by atoms with Gasteiger partial charge in [-0.2, -0.15) is 0 Å². The number of benzene rings is 1. The quantitative estimate of drug-likeness (QED) is 0.839. The molecule has 1 aromatic rings. The molecule has 0 N–H and O–H groups in total. The highest BCUT2D eigenvalue weighted by Gasteiger charge is 2.61. The summed E-state index contributed by atoms with van der Waals surface area (Å²) in [6.07, 6.45) is -0.603. The third-order valence-corrected chi connectivity index (χ3v) is 4.75. The Kier molecular flexibility index (Phi) is 3.94. The Morgan fingerprint density at radius 2 is 1.73 bits per heavy atom. The SMILES string of the molecule is CC(C)N(C)C(=O)N1C(=O)OC(C)(C)C1(C)c1ccccc1. The standard InChI is InChI=1S/C17H24N2O3/c1-12(2)18(6)14(20)19-15(21)22-16(3,4)17(19,5)13-10-8-7-9-11-13/h7-12H,1-6H3. The lowest BCUT2D eigenvalue weighted by Crippen LogP contribution is -2.56. The summed E-state index contributed by atoms with van der Waals surface area (Å²) in [5.74, 6) is 0. The topological polar surface area (TPSA) is 49.9 Å². The number of urea groups is 1. The molecule has 0 aromatic heterocycles. The second-order valence-electron chi connectivity index (χ2n) is 6.64. The van der Waals surface area contributed by atoms with Gasteiger partial charge in [0.25, 0.3) is 0 Å². The third kappa shape index (κ3) is 2.25. The molecule has 0 aliphatic carbocycles. The van der Waals surface area contributed by atoms with Crippen LogP contribution in [-0.2, 0) is 10.3 Å². The minimum atomic E-state index is -0.869. The molecular weight excluding hydrogens is 280 g/mol. The Bertz CT molecular complexity index is 583. The van der Waals surface area contributed by atoms with Crippen LogP contribution in [0.15, 0.2) is 30.3 Å². The van der Waals surface area contributed by atoms with Gasteiger partial charge in [-0.25, -0.2) is 14.5 Å². The summed E-state index contributed by atoms with van der Waals surface area (Å²) in [6, 6.07) is 9.17. The zero-order chi connectivity index (χ0) is 16.7. The highest BCUT2D eigenvalue weighted by molar-refractivity contribution is 5.94. The molecule has 1 saturated heterocycles. The van der Waals surface area contributed by atoms with Crippen LogP contribution in [0, 0.1) is 0 Å². The second-order valence-corrected chi connectivity index (χ2v) is 6.64. The minimum Gasteiger partial charge on any atom is -0.440 e. The Morgan fingerprint density at radius 1 is 1.18 bits per heavy atom. The van der Waals surface area contributed by atoms with Crippen LogP contribution >= 0.6 is 0 Å². The number of hydrogen-bond acceptors (Lipinski definition) is 3. The first kappa shape index (κ1) is 16.3. The molecule has 3 amide bonds. The summed E-state index contributed by atoms with van der Waals surface area (Å²) in [6.45, 7) is 9.36. The summed E-state index contributed by atoms with van der Waals surface area (Å²) in [5, 5.41) is 0. The molecule has 1 aromatic carbocycles. The van der Waals surface area contributed by atoms with Gasteiger partial charge in [-0.05, 0) is 40.2 Å². The molecular formula is C17H24N2O3. The predicted molar refractivity (Wildman–Crippen MR) is 84.5 cm³/mol. The lowest BCUT2D eigenvalue weighted by Gasteiger charge is -2.41.